The average Bonchev–Trinajstić information content (AvgIpc) is 2.64. The SMILES string of the molecule is COc1cccc(NC(=S)N2CCN(c3ccc(Cl)c(Cl)c3)CC2)c1. The molecule has 132 valence electrons. The smallest absolute Gasteiger partial charge is 0.173 e. The zero-order valence-corrected chi connectivity index (χ0v) is 16.2. The number of halogens is 2. The van der Waals surface area contributed by atoms with E-state index >= 15 is 0 Å². The normalized spacial score (nSPS) is 14.4. The van der Waals surface area contributed by atoms with Crippen LogP contribution in [0.1, 0.15) is 0 Å². The van der Waals surface area contributed by atoms with E-state index in [4.69, 9.17) is 40.2 Å². The number of piperazine rings is 1. The number of methoxy groups -OCH3 is 1. The summed E-state index contributed by atoms with van der Waals surface area (Å²) in [7, 11) is 1.65. The number of hydrogen-bond donors (Lipinski definition) is 1. The highest BCUT2D eigenvalue weighted by Gasteiger charge is 2.19. The van der Waals surface area contributed by atoms with Gasteiger partial charge < -0.3 is 19.9 Å². The van der Waals surface area contributed by atoms with Crippen LogP contribution >= 0.6 is 35.4 Å². The average molecular weight is 396 g/mol. The molecule has 0 saturated carbocycles. The predicted molar refractivity (Wildman–Crippen MR) is 109 cm³/mol. The molecule has 0 spiro atoms. The van der Waals surface area contributed by atoms with E-state index < -0.39 is 0 Å². The third-order valence-corrected chi connectivity index (χ3v) is 5.26. The maximum absolute atomic E-state index is 6.12. The zero-order chi connectivity index (χ0) is 17.8. The van der Waals surface area contributed by atoms with Crippen LogP contribution in [0.5, 0.6) is 5.75 Å². The number of anilines is 2. The molecule has 7 heteroatoms. The highest BCUT2D eigenvalue weighted by Crippen LogP contribution is 2.28. The maximum Gasteiger partial charge on any atom is 0.173 e. The third-order valence-electron chi connectivity index (χ3n) is 4.16. The van der Waals surface area contributed by atoms with Gasteiger partial charge in [0.25, 0.3) is 0 Å². The fraction of sp³-hybridized carbons (Fsp3) is 0.278. The Labute approximate surface area is 163 Å². The van der Waals surface area contributed by atoms with Crippen molar-refractivity contribution in [3.63, 3.8) is 0 Å². The summed E-state index contributed by atoms with van der Waals surface area (Å²) in [5, 5.41) is 5.16. The first-order valence-electron chi connectivity index (χ1n) is 7.97. The van der Waals surface area contributed by atoms with Gasteiger partial charge in [-0.3, -0.25) is 0 Å². The minimum absolute atomic E-state index is 0.577. The Morgan fingerprint density at radius 3 is 2.48 bits per heavy atom. The summed E-state index contributed by atoms with van der Waals surface area (Å²) in [5.74, 6) is 0.803. The van der Waals surface area contributed by atoms with E-state index in [9.17, 15) is 0 Å². The van der Waals surface area contributed by atoms with Gasteiger partial charge >= 0.3 is 0 Å². The standard InChI is InChI=1S/C18H19Cl2N3OS/c1-24-15-4-2-3-13(11-15)21-18(25)23-9-7-22(8-10-23)14-5-6-16(19)17(20)12-14/h2-6,11-12H,7-10H2,1H3,(H,21,25). The molecule has 1 aliphatic heterocycles. The minimum Gasteiger partial charge on any atom is -0.497 e. The largest absolute Gasteiger partial charge is 0.497 e. The summed E-state index contributed by atoms with van der Waals surface area (Å²) in [5.41, 5.74) is 2.01. The van der Waals surface area contributed by atoms with E-state index in [-0.39, 0.29) is 0 Å². The second-order valence-corrected chi connectivity index (χ2v) is 6.94. The number of ether oxygens (including phenoxy) is 1. The van der Waals surface area contributed by atoms with Gasteiger partial charge in [-0.25, -0.2) is 0 Å². The Morgan fingerprint density at radius 2 is 1.80 bits per heavy atom. The highest BCUT2D eigenvalue weighted by molar-refractivity contribution is 7.80. The molecule has 1 saturated heterocycles. The van der Waals surface area contributed by atoms with Crippen LogP contribution in [0.2, 0.25) is 10.0 Å². The lowest BCUT2D eigenvalue weighted by atomic mass is 10.2. The van der Waals surface area contributed by atoms with E-state index in [1.807, 2.05) is 42.5 Å². The maximum atomic E-state index is 6.12. The van der Waals surface area contributed by atoms with E-state index in [1.54, 1.807) is 7.11 Å². The molecule has 0 aromatic heterocycles. The van der Waals surface area contributed by atoms with Gasteiger partial charge in [-0.05, 0) is 42.5 Å². The van der Waals surface area contributed by atoms with Crippen LogP contribution < -0.4 is 15.0 Å². The van der Waals surface area contributed by atoms with Crippen molar-refractivity contribution in [2.24, 2.45) is 0 Å². The Morgan fingerprint density at radius 1 is 1.04 bits per heavy atom. The lowest BCUT2D eigenvalue weighted by molar-refractivity contribution is 0.391. The quantitative estimate of drug-likeness (QED) is 0.771. The fourth-order valence-electron chi connectivity index (χ4n) is 2.75. The molecule has 0 amide bonds. The van der Waals surface area contributed by atoms with Gasteiger partial charge in [0.15, 0.2) is 5.11 Å². The van der Waals surface area contributed by atoms with Gasteiger partial charge in [0.1, 0.15) is 5.75 Å². The van der Waals surface area contributed by atoms with E-state index in [0.717, 1.165) is 48.4 Å². The van der Waals surface area contributed by atoms with Gasteiger partial charge in [-0.1, -0.05) is 29.3 Å². The Balaban J connectivity index is 1.57. The van der Waals surface area contributed by atoms with Crippen LogP contribution in [0.15, 0.2) is 42.5 Å². The van der Waals surface area contributed by atoms with Crippen molar-refractivity contribution < 1.29 is 4.74 Å². The highest BCUT2D eigenvalue weighted by atomic mass is 35.5. The molecule has 3 rings (SSSR count). The van der Waals surface area contributed by atoms with Crippen LogP contribution in [0.3, 0.4) is 0 Å². The van der Waals surface area contributed by atoms with Crippen molar-refractivity contribution in [3.8, 4) is 5.75 Å². The summed E-state index contributed by atoms with van der Waals surface area (Å²) >= 11 is 17.7. The van der Waals surface area contributed by atoms with Gasteiger partial charge in [-0.2, -0.15) is 0 Å². The van der Waals surface area contributed by atoms with Crippen LogP contribution in [0.25, 0.3) is 0 Å². The van der Waals surface area contributed by atoms with E-state index in [0.29, 0.717) is 10.0 Å². The van der Waals surface area contributed by atoms with Crippen molar-refractivity contribution in [1.82, 2.24) is 4.90 Å². The fourth-order valence-corrected chi connectivity index (χ4v) is 3.35. The molecule has 0 aliphatic carbocycles. The topological polar surface area (TPSA) is 27.7 Å². The molecule has 2 aromatic rings. The number of rotatable bonds is 3. The third kappa shape index (κ3) is 4.48. The second kappa shape index (κ2) is 8.13. The molecule has 4 nitrogen and oxygen atoms in total. The van der Waals surface area contributed by atoms with Gasteiger partial charge in [0.05, 0.1) is 17.2 Å². The van der Waals surface area contributed by atoms with Crippen LogP contribution in [0, 0.1) is 0 Å². The van der Waals surface area contributed by atoms with E-state index in [1.165, 1.54) is 0 Å². The molecule has 0 radical (unpaired) electrons. The molecule has 1 N–H and O–H groups in total. The molecule has 0 unspecified atom stereocenters. The summed E-state index contributed by atoms with van der Waals surface area (Å²) in [6.07, 6.45) is 0. The lowest BCUT2D eigenvalue weighted by Crippen LogP contribution is -2.50. The van der Waals surface area contributed by atoms with Crippen molar-refractivity contribution in [2.75, 3.05) is 43.5 Å². The Bertz CT molecular complexity index is 764. The summed E-state index contributed by atoms with van der Waals surface area (Å²) < 4.78 is 5.24. The molecule has 0 bridgehead atoms. The number of nitrogens with zero attached hydrogens (tertiary/aromatic N) is 2. The number of hydrogen-bond acceptors (Lipinski definition) is 3. The van der Waals surface area contributed by atoms with Crippen LogP contribution in [0.4, 0.5) is 11.4 Å². The summed E-state index contributed by atoms with van der Waals surface area (Å²) in [6, 6.07) is 13.5. The van der Waals surface area contributed by atoms with Crippen LogP contribution in [-0.4, -0.2) is 43.3 Å². The van der Waals surface area contributed by atoms with Crippen molar-refractivity contribution in [1.29, 1.82) is 0 Å². The molecular weight excluding hydrogens is 377 g/mol. The number of nitrogens with one attached hydrogen (secondary N) is 1. The predicted octanol–water partition coefficient (Wildman–Crippen LogP) is 4.52. The number of thiocarbonyl (C=S) groups is 1. The minimum atomic E-state index is 0.577. The Hall–Kier alpha value is -1.69. The molecule has 1 aliphatic rings. The second-order valence-electron chi connectivity index (χ2n) is 5.73. The van der Waals surface area contributed by atoms with Crippen molar-refractivity contribution in [3.05, 3.63) is 52.5 Å². The zero-order valence-electron chi connectivity index (χ0n) is 13.8. The van der Waals surface area contributed by atoms with Gasteiger partial charge in [0, 0.05) is 43.6 Å². The molecule has 1 fully saturated rings. The van der Waals surface area contributed by atoms with E-state index in [2.05, 4.69) is 15.1 Å². The van der Waals surface area contributed by atoms with Crippen LogP contribution in [-0.2, 0) is 0 Å². The lowest BCUT2D eigenvalue weighted by Gasteiger charge is -2.37. The summed E-state index contributed by atoms with van der Waals surface area (Å²) in [4.78, 5) is 4.45. The monoisotopic (exact) mass is 395 g/mol. The molecule has 0 atom stereocenters. The Kier molecular flexibility index (Phi) is 5.89. The molecule has 2 aromatic carbocycles. The number of benzene rings is 2. The van der Waals surface area contributed by atoms with Crippen molar-refractivity contribution in [2.45, 2.75) is 0 Å². The first-order valence-corrected chi connectivity index (χ1v) is 9.13. The molecule has 25 heavy (non-hydrogen) atoms. The first kappa shape index (κ1) is 18.1. The molecular formula is C18H19Cl2N3OS. The van der Waals surface area contributed by atoms with Gasteiger partial charge in [-0.15, -0.1) is 0 Å². The van der Waals surface area contributed by atoms with Gasteiger partial charge in [0.2, 0.25) is 0 Å². The molecule has 1 heterocycles. The first-order chi connectivity index (χ1) is 12.1. The summed E-state index contributed by atoms with van der Waals surface area (Å²) in [6.45, 7) is 3.43. The van der Waals surface area contributed by atoms with Crippen molar-refractivity contribution >= 4 is 51.9 Å².